The van der Waals surface area contributed by atoms with Gasteiger partial charge in [-0.05, 0) is 105 Å². The van der Waals surface area contributed by atoms with Crippen LogP contribution in [0.3, 0.4) is 0 Å². The van der Waals surface area contributed by atoms with Crippen molar-refractivity contribution in [2.45, 2.75) is 0 Å². The number of furan rings is 1. The summed E-state index contributed by atoms with van der Waals surface area (Å²) < 4.78 is 8.75. The second-order valence-corrected chi connectivity index (χ2v) is 15.2. The van der Waals surface area contributed by atoms with Crippen LogP contribution < -0.4 is 4.90 Å². The van der Waals surface area contributed by atoms with Crippen LogP contribution in [0.5, 0.6) is 0 Å². The Bertz CT molecular complexity index is 3220. The van der Waals surface area contributed by atoms with Crippen LogP contribution in [-0.2, 0) is 0 Å². The summed E-state index contributed by atoms with van der Waals surface area (Å²) in [7, 11) is 0. The van der Waals surface area contributed by atoms with Crippen molar-refractivity contribution in [1.82, 2.24) is 0 Å². The van der Waals surface area contributed by atoms with Gasteiger partial charge in [0.25, 0.3) is 0 Å². The Morgan fingerprint density at radius 2 is 1.02 bits per heavy atom. The first-order chi connectivity index (χ1) is 27.2. The van der Waals surface area contributed by atoms with E-state index in [2.05, 4.69) is 193 Å². The fourth-order valence-electron chi connectivity index (χ4n) is 8.14. The number of rotatable bonds is 6. The monoisotopic (exact) mass is 719 g/mol. The fraction of sp³-hybridized carbons (Fsp3) is 0. The van der Waals surface area contributed by atoms with E-state index in [1.165, 1.54) is 53.2 Å². The molecule has 2 nitrogen and oxygen atoms in total. The molecule has 0 N–H and O–H groups in total. The lowest BCUT2D eigenvalue weighted by Gasteiger charge is -2.28. The Kier molecular flexibility index (Phi) is 7.39. The minimum absolute atomic E-state index is 0.907. The lowest BCUT2D eigenvalue weighted by molar-refractivity contribution is 0.669. The van der Waals surface area contributed by atoms with Crippen molar-refractivity contribution in [2.24, 2.45) is 0 Å². The Balaban J connectivity index is 1.05. The third kappa shape index (κ3) is 5.48. The molecule has 0 fully saturated rings. The highest BCUT2D eigenvalue weighted by Gasteiger charge is 2.19. The molecule has 0 aliphatic carbocycles. The predicted octanol–water partition coefficient (Wildman–Crippen LogP) is 15.6. The zero-order valence-electron chi connectivity index (χ0n) is 29.8. The Morgan fingerprint density at radius 1 is 0.345 bits per heavy atom. The fourth-order valence-corrected chi connectivity index (χ4v) is 9.28. The van der Waals surface area contributed by atoms with Crippen molar-refractivity contribution in [2.75, 3.05) is 4.90 Å². The van der Waals surface area contributed by atoms with Gasteiger partial charge >= 0.3 is 0 Å². The van der Waals surface area contributed by atoms with Crippen molar-refractivity contribution >= 4 is 81.3 Å². The van der Waals surface area contributed by atoms with Crippen LogP contribution in [0.4, 0.5) is 17.1 Å². The summed E-state index contributed by atoms with van der Waals surface area (Å²) in [5, 5.41) is 7.37. The molecule has 2 aromatic heterocycles. The van der Waals surface area contributed by atoms with Gasteiger partial charge in [0.05, 0.1) is 5.69 Å². The van der Waals surface area contributed by atoms with Crippen molar-refractivity contribution < 1.29 is 4.42 Å². The lowest BCUT2D eigenvalue weighted by Crippen LogP contribution is -2.11. The highest BCUT2D eigenvalue weighted by Crippen LogP contribution is 2.44. The number of benzene rings is 9. The molecule has 0 aliphatic rings. The van der Waals surface area contributed by atoms with Crippen molar-refractivity contribution in [1.29, 1.82) is 0 Å². The zero-order valence-corrected chi connectivity index (χ0v) is 30.6. The van der Waals surface area contributed by atoms with E-state index in [-0.39, 0.29) is 0 Å². The molecule has 0 bridgehead atoms. The molecule has 0 amide bonds. The topological polar surface area (TPSA) is 16.4 Å². The first kappa shape index (κ1) is 31.6. The molecule has 2 heterocycles. The standard InChI is InChI=1S/C52H33NOS/c1-2-11-36-30-38(21-20-34(36)10-1)37-12-9-13-42(31-37)53(41-26-22-35(23-27-41)39-25-29-50-47(32-39)44-15-4-7-18-49(44)54-50)48-17-6-3-14-43(48)40-24-28-46-45-16-5-8-19-51(45)55-52(46)33-40/h1-33H. The molecule has 0 spiro atoms. The van der Waals surface area contributed by atoms with Crippen LogP contribution in [0.25, 0.3) is 86.3 Å². The van der Waals surface area contributed by atoms with E-state index in [0.717, 1.165) is 50.1 Å². The second kappa shape index (κ2) is 12.9. The Hall–Kier alpha value is -6.94. The molecule has 0 atom stereocenters. The van der Waals surface area contributed by atoms with E-state index >= 15 is 0 Å². The number of hydrogen-bond donors (Lipinski definition) is 0. The third-order valence-electron chi connectivity index (χ3n) is 10.9. The summed E-state index contributed by atoms with van der Waals surface area (Å²) in [5.74, 6) is 0. The van der Waals surface area contributed by atoms with Gasteiger partial charge in [0.15, 0.2) is 0 Å². The molecule has 0 saturated carbocycles. The number of anilines is 3. The number of para-hydroxylation sites is 2. The van der Waals surface area contributed by atoms with Gasteiger partial charge < -0.3 is 9.32 Å². The minimum Gasteiger partial charge on any atom is -0.456 e. The van der Waals surface area contributed by atoms with Crippen LogP contribution in [0, 0.1) is 0 Å². The van der Waals surface area contributed by atoms with Crippen molar-refractivity contribution in [3.63, 3.8) is 0 Å². The van der Waals surface area contributed by atoms with Gasteiger partial charge in [-0.25, -0.2) is 0 Å². The molecule has 11 rings (SSSR count). The molecular weight excluding hydrogens is 687 g/mol. The second-order valence-electron chi connectivity index (χ2n) is 14.1. The lowest BCUT2D eigenvalue weighted by atomic mass is 9.98. The molecule has 9 aromatic carbocycles. The SMILES string of the molecule is c1cc(-c2ccc3ccccc3c2)cc(N(c2ccc(-c3ccc4oc5ccccc5c4c3)cc2)c2ccccc2-c2ccc3c(c2)sc2ccccc23)c1. The van der Waals surface area contributed by atoms with Gasteiger partial charge in [-0.15, -0.1) is 11.3 Å². The number of hydrogen-bond acceptors (Lipinski definition) is 3. The first-order valence-electron chi connectivity index (χ1n) is 18.7. The summed E-state index contributed by atoms with van der Waals surface area (Å²) in [4.78, 5) is 2.41. The summed E-state index contributed by atoms with van der Waals surface area (Å²) >= 11 is 1.86. The molecule has 0 radical (unpaired) electrons. The molecule has 0 aliphatic heterocycles. The number of thiophene rings is 1. The summed E-state index contributed by atoms with van der Waals surface area (Å²) in [6.07, 6.45) is 0. The molecule has 0 unspecified atom stereocenters. The van der Waals surface area contributed by atoms with Gasteiger partial charge in [-0.1, -0.05) is 133 Å². The maximum Gasteiger partial charge on any atom is 0.135 e. The van der Waals surface area contributed by atoms with Crippen molar-refractivity contribution in [3.8, 4) is 33.4 Å². The van der Waals surface area contributed by atoms with Gasteiger partial charge in [0.1, 0.15) is 11.2 Å². The van der Waals surface area contributed by atoms with E-state index in [9.17, 15) is 0 Å². The van der Waals surface area contributed by atoms with E-state index in [0.29, 0.717) is 0 Å². The van der Waals surface area contributed by atoms with Gasteiger partial charge in [-0.2, -0.15) is 0 Å². The van der Waals surface area contributed by atoms with Crippen LogP contribution >= 0.6 is 11.3 Å². The number of nitrogens with zero attached hydrogens (tertiary/aromatic N) is 1. The summed E-state index contributed by atoms with van der Waals surface area (Å²) in [6, 6.07) is 72.4. The van der Waals surface area contributed by atoms with Gasteiger partial charge in [-0.3, -0.25) is 0 Å². The predicted molar refractivity (Wildman–Crippen MR) is 235 cm³/mol. The van der Waals surface area contributed by atoms with Crippen LogP contribution in [0.2, 0.25) is 0 Å². The van der Waals surface area contributed by atoms with E-state index < -0.39 is 0 Å². The third-order valence-corrected chi connectivity index (χ3v) is 12.0. The van der Waals surface area contributed by atoms with Gasteiger partial charge in [0.2, 0.25) is 0 Å². The smallest absolute Gasteiger partial charge is 0.135 e. The van der Waals surface area contributed by atoms with Gasteiger partial charge in [0, 0.05) is 47.9 Å². The maximum atomic E-state index is 6.14. The quantitative estimate of drug-likeness (QED) is 0.170. The molecule has 3 heteroatoms. The van der Waals surface area contributed by atoms with E-state index in [1.807, 2.05) is 23.5 Å². The minimum atomic E-state index is 0.907. The van der Waals surface area contributed by atoms with Crippen molar-refractivity contribution in [3.05, 3.63) is 200 Å². The van der Waals surface area contributed by atoms with E-state index in [1.54, 1.807) is 0 Å². The highest BCUT2D eigenvalue weighted by atomic mass is 32.1. The molecule has 258 valence electrons. The molecule has 55 heavy (non-hydrogen) atoms. The normalized spacial score (nSPS) is 11.6. The Morgan fingerprint density at radius 3 is 1.95 bits per heavy atom. The molecular formula is C52H33NOS. The first-order valence-corrected chi connectivity index (χ1v) is 19.5. The zero-order chi connectivity index (χ0) is 36.3. The van der Waals surface area contributed by atoms with Crippen LogP contribution in [-0.4, -0.2) is 0 Å². The van der Waals surface area contributed by atoms with E-state index in [4.69, 9.17) is 4.42 Å². The average molecular weight is 720 g/mol. The number of fused-ring (bicyclic) bond motifs is 7. The molecule has 0 saturated heterocycles. The Labute approximate surface area is 322 Å². The largest absolute Gasteiger partial charge is 0.456 e. The van der Waals surface area contributed by atoms with Crippen LogP contribution in [0.15, 0.2) is 205 Å². The maximum absolute atomic E-state index is 6.14. The highest BCUT2D eigenvalue weighted by molar-refractivity contribution is 7.25. The van der Waals surface area contributed by atoms with Crippen LogP contribution in [0.1, 0.15) is 0 Å². The molecule has 11 aromatic rings. The average Bonchev–Trinajstić information content (AvgIpc) is 3.82. The summed E-state index contributed by atoms with van der Waals surface area (Å²) in [5.41, 5.74) is 12.2. The summed E-state index contributed by atoms with van der Waals surface area (Å²) in [6.45, 7) is 0.